The van der Waals surface area contributed by atoms with E-state index in [0.29, 0.717) is 72.4 Å². The number of hydrogen-bond acceptors (Lipinski definition) is 5. The summed E-state index contributed by atoms with van der Waals surface area (Å²) in [7, 11) is 1.60. The lowest BCUT2D eigenvalue weighted by Crippen LogP contribution is -2.36. The van der Waals surface area contributed by atoms with E-state index < -0.39 is 0 Å². The lowest BCUT2D eigenvalue weighted by atomic mass is 10.1. The van der Waals surface area contributed by atoms with Gasteiger partial charge in [-0.05, 0) is 87.0 Å². The van der Waals surface area contributed by atoms with Crippen molar-refractivity contribution in [3.05, 3.63) is 88.4 Å². The third kappa shape index (κ3) is 6.74. The van der Waals surface area contributed by atoms with Gasteiger partial charge in [0.2, 0.25) is 0 Å². The lowest BCUT2D eigenvalue weighted by Gasteiger charge is -2.28. The van der Waals surface area contributed by atoms with Crippen LogP contribution in [0.5, 0.6) is 5.75 Å². The zero-order valence-corrected chi connectivity index (χ0v) is 23.9. The molecule has 3 amide bonds. The SMILES string of the molecule is CCN(CC)C(=O)c1cc(NC(=O)c2ccc(Cl)cc2)ccc1N1CCCN(C(=O)c2ccc(OC)cc2)CC1. The molecule has 210 valence electrons. The number of ether oxygens (including phenoxy) is 1. The summed E-state index contributed by atoms with van der Waals surface area (Å²) in [5, 5.41) is 3.46. The van der Waals surface area contributed by atoms with Gasteiger partial charge in [-0.25, -0.2) is 0 Å². The van der Waals surface area contributed by atoms with E-state index in [0.717, 1.165) is 12.1 Å². The molecule has 0 bridgehead atoms. The highest BCUT2D eigenvalue weighted by molar-refractivity contribution is 6.30. The monoisotopic (exact) mass is 562 g/mol. The highest BCUT2D eigenvalue weighted by Gasteiger charge is 2.25. The first kappa shape index (κ1) is 29.0. The van der Waals surface area contributed by atoms with Gasteiger partial charge in [0.05, 0.1) is 12.7 Å². The van der Waals surface area contributed by atoms with Crippen molar-refractivity contribution >= 4 is 40.7 Å². The van der Waals surface area contributed by atoms with Crippen molar-refractivity contribution in [2.75, 3.05) is 56.6 Å². The first-order valence-corrected chi connectivity index (χ1v) is 13.9. The summed E-state index contributed by atoms with van der Waals surface area (Å²) in [6, 6.07) is 19.2. The summed E-state index contributed by atoms with van der Waals surface area (Å²) >= 11 is 5.96. The second-order valence-corrected chi connectivity index (χ2v) is 9.97. The third-order valence-electron chi connectivity index (χ3n) is 7.10. The lowest BCUT2D eigenvalue weighted by molar-refractivity contribution is 0.0760. The molecular weight excluding hydrogens is 528 g/mol. The number of nitrogens with one attached hydrogen (secondary N) is 1. The molecule has 0 aliphatic carbocycles. The Morgan fingerprint density at radius 1 is 0.875 bits per heavy atom. The van der Waals surface area contributed by atoms with Gasteiger partial charge in [-0.3, -0.25) is 14.4 Å². The van der Waals surface area contributed by atoms with E-state index in [-0.39, 0.29) is 17.7 Å². The van der Waals surface area contributed by atoms with E-state index >= 15 is 0 Å². The van der Waals surface area contributed by atoms with Gasteiger partial charge in [0.25, 0.3) is 17.7 Å². The number of methoxy groups -OCH3 is 1. The number of benzene rings is 3. The Balaban J connectivity index is 1.56. The van der Waals surface area contributed by atoms with Crippen LogP contribution in [0.3, 0.4) is 0 Å². The average Bonchev–Trinajstić information content (AvgIpc) is 3.24. The maximum atomic E-state index is 13.6. The predicted octanol–water partition coefficient (Wildman–Crippen LogP) is 5.44. The number of amides is 3. The van der Waals surface area contributed by atoms with E-state index in [1.54, 1.807) is 66.6 Å². The number of nitrogens with zero attached hydrogens (tertiary/aromatic N) is 3. The van der Waals surface area contributed by atoms with Crippen LogP contribution < -0.4 is 15.0 Å². The molecule has 40 heavy (non-hydrogen) atoms. The molecule has 0 spiro atoms. The minimum absolute atomic E-state index is 0.0239. The zero-order valence-electron chi connectivity index (χ0n) is 23.2. The molecule has 1 N–H and O–H groups in total. The Bertz CT molecular complexity index is 1340. The fourth-order valence-electron chi connectivity index (χ4n) is 4.82. The predicted molar refractivity (Wildman–Crippen MR) is 159 cm³/mol. The second kappa shape index (κ2) is 13.3. The van der Waals surface area contributed by atoms with Crippen LogP contribution in [0.25, 0.3) is 0 Å². The Kier molecular flexibility index (Phi) is 9.66. The molecular formula is C31H35ClN4O4. The van der Waals surface area contributed by atoms with Gasteiger partial charge in [0.1, 0.15) is 5.75 Å². The number of carbonyl (C=O) groups is 3. The normalized spacial score (nSPS) is 13.4. The molecule has 1 aliphatic heterocycles. The molecule has 3 aromatic carbocycles. The topological polar surface area (TPSA) is 82.2 Å². The highest BCUT2D eigenvalue weighted by atomic mass is 35.5. The van der Waals surface area contributed by atoms with Crippen molar-refractivity contribution in [1.29, 1.82) is 0 Å². The molecule has 0 radical (unpaired) electrons. The van der Waals surface area contributed by atoms with Crippen LogP contribution in [0.2, 0.25) is 5.02 Å². The summed E-state index contributed by atoms with van der Waals surface area (Å²) < 4.78 is 5.21. The fourth-order valence-corrected chi connectivity index (χ4v) is 4.95. The van der Waals surface area contributed by atoms with Crippen LogP contribution in [0.1, 0.15) is 51.3 Å². The van der Waals surface area contributed by atoms with Gasteiger partial charge in [0, 0.05) is 66.8 Å². The number of carbonyl (C=O) groups excluding carboxylic acids is 3. The van der Waals surface area contributed by atoms with Gasteiger partial charge >= 0.3 is 0 Å². The standard InChI is InChI=1S/C31H35ClN4O4/c1-4-34(5-2)31(39)27-21-25(33-29(37)22-7-11-24(32)12-8-22)13-16-28(27)35-17-6-18-36(20-19-35)30(38)23-9-14-26(40-3)15-10-23/h7-16,21H,4-6,17-20H2,1-3H3,(H,33,37). The quantitative estimate of drug-likeness (QED) is 0.395. The van der Waals surface area contributed by atoms with Crippen LogP contribution in [-0.4, -0.2) is 73.9 Å². The average molecular weight is 563 g/mol. The number of hydrogen-bond donors (Lipinski definition) is 1. The summed E-state index contributed by atoms with van der Waals surface area (Å²) in [5.74, 6) is 0.298. The Morgan fingerprint density at radius 2 is 1.55 bits per heavy atom. The summed E-state index contributed by atoms with van der Waals surface area (Å²) in [6.07, 6.45) is 0.760. The molecule has 4 rings (SSSR count). The molecule has 1 fully saturated rings. The first-order valence-electron chi connectivity index (χ1n) is 13.5. The molecule has 1 heterocycles. The van der Waals surface area contributed by atoms with Crippen LogP contribution in [0, 0.1) is 0 Å². The Hall–Kier alpha value is -4.04. The van der Waals surface area contributed by atoms with Crippen LogP contribution in [0.4, 0.5) is 11.4 Å². The molecule has 8 nitrogen and oxygen atoms in total. The summed E-state index contributed by atoms with van der Waals surface area (Å²) in [4.78, 5) is 45.4. The van der Waals surface area contributed by atoms with Crippen LogP contribution in [-0.2, 0) is 0 Å². The molecule has 1 aliphatic rings. The van der Waals surface area contributed by atoms with E-state index in [2.05, 4.69) is 10.2 Å². The molecule has 0 saturated carbocycles. The molecule has 0 unspecified atom stereocenters. The molecule has 3 aromatic rings. The maximum absolute atomic E-state index is 13.6. The minimum Gasteiger partial charge on any atom is -0.497 e. The summed E-state index contributed by atoms with van der Waals surface area (Å²) in [6.45, 7) is 7.46. The smallest absolute Gasteiger partial charge is 0.256 e. The van der Waals surface area contributed by atoms with E-state index in [1.165, 1.54) is 0 Å². The van der Waals surface area contributed by atoms with Gasteiger partial charge in [-0.15, -0.1) is 0 Å². The first-order chi connectivity index (χ1) is 19.3. The van der Waals surface area contributed by atoms with Crippen molar-refractivity contribution < 1.29 is 19.1 Å². The number of anilines is 2. The molecule has 0 aromatic heterocycles. The van der Waals surface area contributed by atoms with E-state index in [1.807, 2.05) is 30.9 Å². The van der Waals surface area contributed by atoms with E-state index in [9.17, 15) is 14.4 Å². The van der Waals surface area contributed by atoms with Crippen LogP contribution in [0.15, 0.2) is 66.7 Å². The largest absolute Gasteiger partial charge is 0.497 e. The van der Waals surface area contributed by atoms with Gasteiger partial charge < -0.3 is 24.8 Å². The van der Waals surface area contributed by atoms with Crippen molar-refractivity contribution in [2.24, 2.45) is 0 Å². The summed E-state index contributed by atoms with van der Waals surface area (Å²) in [5.41, 5.74) is 2.93. The van der Waals surface area contributed by atoms with Crippen molar-refractivity contribution in [3.8, 4) is 5.75 Å². The zero-order chi connectivity index (χ0) is 28.6. The molecule has 0 atom stereocenters. The molecule has 1 saturated heterocycles. The Labute approximate surface area is 240 Å². The van der Waals surface area contributed by atoms with Gasteiger partial charge in [-0.1, -0.05) is 11.6 Å². The Morgan fingerprint density at radius 3 is 2.20 bits per heavy atom. The maximum Gasteiger partial charge on any atom is 0.256 e. The van der Waals surface area contributed by atoms with Crippen molar-refractivity contribution in [2.45, 2.75) is 20.3 Å². The fraction of sp³-hybridized carbons (Fsp3) is 0.323. The van der Waals surface area contributed by atoms with Crippen molar-refractivity contribution in [3.63, 3.8) is 0 Å². The van der Waals surface area contributed by atoms with Crippen LogP contribution >= 0.6 is 11.6 Å². The number of rotatable bonds is 8. The highest BCUT2D eigenvalue weighted by Crippen LogP contribution is 2.28. The second-order valence-electron chi connectivity index (χ2n) is 9.53. The van der Waals surface area contributed by atoms with Gasteiger partial charge in [0.15, 0.2) is 0 Å². The third-order valence-corrected chi connectivity index (χ3v) is 7.35. The van der Waals surface area contributed by atoms with Crippen molar-refractivity contribution in [1.82, 2.24) is 9.80 Å². The molecule has 9 heteroatoms. The minimum atomic E-state index is -0.284. The number of halogens is 1. The van der Waals surface area contributed by atoms with Gasteiger partial charge in [-0.2, -0.15) is 0 Å². The van der Waals surface area contributed by atoms with E-state index in [4.69, 9.17) is 16.3 Å².